The van der Waals surface area contributed by atoms with Crippen molar-refractivity contribution >= 4 is 16.9 Å². The number of rotatable bonds is 3. The average molecular weight is 256 g/mol. The SMILES string of the molecule is Cc1nc2ccccc2nc1NCC1CCCNC1. The topological polar surface area (TPSA) is 49.8 Å². The molecule has 1 unspecified atom stereocenters. The molecule has 0 aliphatic carbocycles. The molecule has 0 saturated carbocycles. The van der Waals surface area contributed by atoms with Crippen molar-refractivity contribution in [3.63, 3.8) is 0 Å². The molecule has 0 bridgehead atoms. The highest BCUT2D eigenvalue weighted by atomic mass is 15.0. The van der Waals surface area contributed by atoms with Gasteiger partial charge in [-0.1, -0.05) is 12.1 Å². The van der Waals surface area contributed by atoms with Crippen LogP contribution in [-0.2, 0) is 0 Å². The summed E-state index contributed by atoms with van der Waals surface area (Å²) in [4.78, 5) is 9.26. The third-order valence-electron chi connectivity index (χ3n) is 3.70. The van der Waals surface area contributed by atoms with Gasteiger partial charge in [0.05, 0.1) is 16.7 Å². The van der Waals surface area contributed by atoms with E-state index < -0.39 is 0 Å². The average Bonchev–Trinajstić information content (AvgIpc) is 2.46. The third-order valence-corrected chi connectivity index (χ3v) is 3.70. The van der Waals surface area contributed by atoms with Gasteiger partial charge in [-0.2, -0.15) is 0 Å². The zero-order valence-corrected chi connectivity index (χ0v) is 11.3. The van der Waals surface area contributed by atoms with E-state index in [9.17, 15) is 0 Å². The molecule has 1 aliphatic heterocycles. The zero-order valence-electron chi connectivity index (χ0n) is 11.3. The van der Waals surface area contributed by atoms with E-state index in [1.165, 1.54) is 12.8 Å². The Labute approximate surface area is 113 Å². The molecule has 1 fully saturated rings. The fourth-order valence-electron chi connectivity index (χ4n) is 2.59. The number of aryl methyl sites for hydroxylation is 1. The number of aromatic nitrogens is 2. The molecule has 2 aromatic rings. The van der Waals surface area contributed by atoms with Crippen LogP contribution in [0.3, 0.4) is 0 Å². The lowest BCUT2D eigenvalue weighted by Gasteiger charge is -2.23. The Morgan fingerprint density at radius 3 is 2.79 bits per heavy atom. The van der Waals surface area contributed by atoms with Crippen molar-refractivity contribution in [2.24, 2.45) is 5.92 Å². The van der Waals surface area contributed by atoms with Gasteiger partial charge in [-0.15, -0.1) is 0 Å². The molecule has 1 aromatic heterocycles. The zero-order chi connectivity index (χ0) is 13.1. The highest BCUT2D eigenvalue weighted by Gasteiger charge is 2.13. The lowest BCUT2D eigenvalue weighted by Crippen LogP contribution is -2.33. The molecule has 1 saturated heterocycles. The van der Waals surface area contributed by atoms with Gasteiger partial charge >= 0.3 is 0 Å². The Hall–Kier alpha value is -1.68. The van der Waals surface area contributed by atoms with Gasteiger partial charge in [0.1, 0.15) is 5.82 Å². The summed E-state index contributed by atoms with van der Waals surface area (Å²) in [6.07, 6.45) is 2.56. The quantitative estimate of drug-likeness (QED) is 0.885. The summed E-state index contributed by atoms with van der Waals surface area (Å²) >= 11 is 0. The summed E-state index contributed by atoms with van der Waals surface area (Å²) in [7, 11) is 0. The Bertz CT molecular complexity index is 561. The minimum absolute atomic E-state index is 0.696. The summed E-state index contributed by atoms with van der Waals surface area (Å²) in [6.45, 7) is 5.25. The summed E-state index contributed by atoms with van der Waals surface area (Å²) in [5.41, 5.74) is 2.89. The van der Waals surface area contributed by atoms with Crippen LogP contribution in [0, 0.1) is 12.8 Å². The van der Waals surface area contributed by atoms with Crippen molar-refractivity contribution in [1.29, 1.82) is 0 Å². The molecule has 3 rings (SSSR count). The van der Waals surface area contributed by atoms with Crippen molar-refractivity contribution < 1.29 is 0 Å². The molecule has 4 heteroatoms. The van der Waals surface area contributed by atoms with Crippen LogP contribution in [0.15, 0.2) is 24.3 Å². The minimum Gasteiger partial charge on any atom is -0.368 e. The summed E-state index contributed by atoms with van der Waals surface area (Å²) < 4.78 is 0. The van der Waals surface area contributed by atoms with Gasteiger partial charge in [-0.05, 0) is 50.9 Å². The predicted molar refractivity (Wildman–Crippen MR) is 78.4 cm³/mol. The number of fused-ring (bicyclic) bond motifs is 1. The van der Waals surface area contributed by atoms with E-state index in [1.54, 1.807) is 0 Å². The second kappa shape index (κ2) is 5.53. The van der Waals surface area contributed by atoms with Gasteiger partial charge in [0, 0.05) is 6.54 Å². The number of hydrogen-bond donors (Lipinski definition) is 2. The summed E-state index contributed by atoms with van der Waals surface area (Å²) in [6, 6.07) is 8.01. The van der Waals surface area contributed by atoms with Crippen molar-refractivity contribution in [3.8, 4) is 0 Å². The van der Waals surface area contributed by atoms with Crippen molar-refractivity contribution in [3.05, 3.63) is 30.0 Å². The molecule has 1 aliphatic rings. The molecule has 0 radical (unpaired) electrons. The van der Waals surface area contributed by atoms with Crippen molar-refractivity contribution in [2.75, 3.05) is 25.0 Å². The number of nitrogens with zero attached hydrogens (tertiary/aromatic N) is 2. The number of piperidine rings is 1. The van der Waals surface area contributed by atoms with Gasteiger partial charge in [0.2, 0.25) is 0 Å². The maximum Gasteiger partial charge on any atom is 0.148 e. The molecule has 1 atom stereocenters. The van der Waals surface area contributed by atoms with Crippen LogP contribution in [0.2, 0.25) is 0 Å². The first kappa shape index (κ1) is 12.4. The number of hydrogen-bond acceptors (Lipinski definition) is 4. The van der Waals surface area contributed by atoms with E-state index in [0.717, 1.165) is 42.2 Å². The Balaban J connectivity index is 1.74. The van der Waals surface area contributed by atoms with Crippen molar-refractivity contribution in [2.45, 2.75) is 19.8 Å². The standard InChI is InChI=1S/C15H20N4/c1-11-15(17-10-12-5-4-8-16-9-12)19-14-7-3-2-6-13(14)18-11/h2-3,6-7,12,16H,4-5,8-10H2,1H3,(H,17,19). The van der Waals surface area contributed by atoms with Gasteiger partial charge in [0.15, 0.2) is 0 Å². The van der Waals surface area contributed by atoms with Crippen LogP contribution in [0.5, 0.6) is 0 Å². The minimum atomic E-state index is 0.696. The maximum absolute atomic E-state index is 4.67. The Morgan fingerprint density at radius 2 is 2.05 bits per heavy atom. The normalized spacial score (nSPS) is 19.5. The van der Waals surface area contributed by atoms with Gasteiger partial charge in [0.25, 0.3) is 0 Å². The molecule has 0 spiro atoms. The molecule has 19 heavy (non-hydrogen) atoms. The Morgan fingerprint density at radius 1 is 1.26 bits per heavy atom. The van der Waals surface area contributed by atoms with Crippen LogP contribution in [0.1, 0.15) is 18.5 Å². The summed E-state index contributed by atoms with van der Waals surface area (Å²) in [5.74, 6) is 1.62. The molecule has 0 amide bonds. The smallest absolute Gasteiger partial charge is 0.148 e. The monoisotopic (exact) mass is 256 g/mol. The van der Waals surface area contributed by atoms with E-state index >= 15 is 0 Å². The van der Waals surface area contributed by atoms with E-state index in [0.29, 0.717) is 5.92 Å². The molecular weight excluding hydrogens is 236 g/mol. The van der Waals surface area contributed by atoms with Gasteiger partial charge < -0.3 is 10.6 Å². The maximum atomic E-state index is 4.67. The highest BCUT2D eigenvalue weighted by molar-refractivity contribution is 5.76. The molecule has 1 aromatic carbocycles. The second-order valence-corrected chi connectivity index (χ2v) is 5.24. The number of benzene rings is 1. The van der Waals surface area contributed by atoms with E-state index in [2.05, 4.69) is 20.6 Å². The molecule has 2 heterocycles. The molecular formula is C15H20N4. The number of para-hydroxylation sites is 2. The largest absolute Gasteiger partial charge is 0.368 e. The fourth-order valence-corrected chi connectivity index (χ4v) is 2.59. The molecule has 100 valence electrons. The van der Waals surface area contributed by atoms with Crippen LogP contribution >= 0.6 is 0 Å². The van der Waals surface area contributed by atoms with Gasteiger partial charge in [-0.3, -0.25) is 0 Å². The first-order chi connectivity index (χ1) is 9.33. The first-order valence-corrected chi connectivity index (χ1v) is 7.01. The third kappa shape index (κ3) is 2.84. The van der Waals surface area contributed by atoms with Gasteiger partial charge in [-0.25, -0.2) is 9.97 Å². The van der Waals surface area contributed by atoms with Crippen LogP contribution in [-0.4, -0.2) is 29.6 Å². The highest BCUT2D eigenvalue weighted by Crippen LogP contribution is 2.17. The van der Waals surface area contributed by atoms with Crippen LogP contribution < -0.4 is 10.6 Å². The molecule has 2 N–H and O–H groups in total. The Kier molecular flexibility index (Phi) is 3.60. The first-order valence-electron chi connectivity index (χ1n) is 7.01. The second-order valence-electron chi connectivity index (χ2n) is 5.24. The lowest BCUT2D eigenvalue weighted by atomic mass is 10.00. The molecule has 4 nitrogen and oxygen atoms in total. The van der Waals surface area contributed by atoms with E-state index in [-0.39, 0.29) is 0 Å². The predicted octanol–water partition coefficient (Wildman–Crippen LogP) is 2.35. The van der Waals surface area contributed by atoms with Crippen LogP contribution in [0.25, 0.3) is 11.0 Å². The fraction of sp³-hybridized carbons (Fsp3) is 0.467. The van der Waals surface area contributed by atoms with Crippen molar-refractivity contribution in [1.82, 2.24) is 15.3 Å². The lowest BCUT2D eigenvalue weighted by molar-refractivity contribution is 0.392. The summed E-state index contributed by atoms with van der Waals surface area (Å²) in [5, 5.41) is 6.90. The number of nitrogens with one attached hydrogen (secondary N) is 2. The van der Waals surface area contributed by atoms with Crippen LogP contribution in [0.4, 0.5) is 5.82 Å². The van der Waals surface area contributed by atoms with E-state index in [1.807, 2.05) is 31.2 Å². The van der Waals surface area contributed by atoms with E-state index in [4.69, 9.17) is 0 Å². The number of anilines is 1.